The molecule has 0 atom stereocenters. The number of hydrogen-bond donors (Lipinski definition) is 0. The van der Waals surface area contributed by atoms with Crippen LogP contribution in [0.2, 0.25) is 0 Å². The highest BCUT2D eigenvalue weighted by atomic mass is 14.2. The largest absolute Gasteiger partial charge is 0.0622 e. The maximum absolute atomic E-state index is 2.49. The van der Waals surface area contributed by atoms with Gasteiger partial charge in [0.25, 0.3) is 0 Å². The van der Waals surface area contributed by atoms with E-state index in [-0.39, 0.29) is 0 Å². The zero-order chi connectivity index (χ0) is 37.9. The van der Waals surface area contributed by atoms with E-state index >= 15 is 0 Å². The highest BCUT2D eigenvalue weighted by Crippen LogP contribution is 2.46. The molecule has 266 valence electrons. The van der Waals surface area contributed by atoms with Gasteiger partial charge in [-0.1, -0.05) is 170 Å². The minimum Gasteiger partial charge on any atom is -0.0622 e. The molecule has 0 saturated carbocycles. The minimum absolute atomic E-state index is 1.21. The molecular weight excluding hydrogens is 697 g/mol. The van der Waals surface area contributed by atoms with E-state index in [9.17, 15) is 0 Å². The first kappa shape index (κ1) is 31.6. The highest BCUT2D eigenvalue weighted by molar-refractivity contribution is 6.37. The Bertz CT molecular complexity index is 3830. The zero-order valence-electron chi connectivity index (χ0n) is 31.6. The molecule has 0 fully saturated rings. The molecule has 0 unspecified atom stereocenters. The lowest BCUT2D eigenvalue weighted by Crippen LogP contribution is -1.91. The van der Waals surface area contributed by atoms with Crippen molar-refractivity contribution >= 4 is 97.0 Å². The summed E-state index contributed by atoms with van der Waals surface area (Å²) in [6.45, 7) is 0. The maximum Gasteiger partial charge on any atom is -0.00199 e. The standard InChI is InChI=1S/C58H34/c1-2-11-35(12-3-1)42-30-43(32-45(31-42)54-47-19-7-5-14-40(47)33-52-46-18-6-4-13-36(46)27-28-51(52)54)44-29-41-26-25-39-16-9-21-49-48-20-8-15-37-23-24-38-17-10-22-50(57(38)55(37)48)53(34-44)58(41)56(39)49/h1-34H. The molecule has 0 aliphatic heterocycles. The molecule has 0 heteroatoms. The van der Waals surface area contributed by atoms with Crippen molar-refractivity contribution in [3.63, 3.8) is 0 Å². The normalized spacial score (nSPS) is 12.1. The van der Waals surface area contributed by atoms with E-state index < -0.39 is 0 Å². The summed E-state index contributed by atoms with van der Waals surface area (Å²) < 4.78 is 0. The van der Waals surface area contributed by atoms with Gasteiger partial charge in [-0.05, 0) is 167 Å². The monoisotopic (exact) mass is 730 g/mol. The van der Waals surface area contributed by atoms with E-state index in [4.69, 9.17) is 0 Å². The molecule has 0 aromatic heterocycles. The second-order valence-corrected chi connectivity index (χ2v) is 16.0. The van der Waals surface area contributed by atoms with E-state index in [0.29, 0.717) is 0 Å². The minimum atomic E-state index is 1.21. The lowest BCUT2D eigenvalue weighted by Gasteiger charge is -2.18. The molecule has 13 aromatic rings. The first-order valence-electron chi connectivity index (χ1n) is 20.2. The van der Waals surface area contributed by atoms with Crippen molar-refractivity contribution in [2.75, 3.05) is 0 Å². The van der Waals surface area contributed by atoms with Crippen LogP contribution < -0.4 is 0 Å². The Morgan fingerprint density at radius 2 is 0.638 bits per heavy atom. The summed E-state index contributed by atoms with van der Waals surface area (Å²) in [6, 6.07) is 77.5. The fraction of sp³-hybridized carbons (Fsp3) is 0. The van der Waals surface area contributed by atoms with Gasteiger partial charge in [-0.25, -0.2) is 0 Å². The SMILES string of the molecule is c1ccc(-c2cc(-c3cc4ccc5cccc6c7cccc8ccc9cccc(c(c3)c4c56)c9c87)cc(-c3c4ccccc4cc4c3ccc3ccccc34)c2)cc1. The molecule has 0 heterocycles. The van der Waals surface area contributed by atoms with Crippen LogP contribution in [0.1, 0.15) is 0 Å². The molecule has 0 nitrogen and oxygen atoms in total. The Kier molecular flexibility index (Phi) is 6.54. The summed E-state index contributed by atoms with van der Waals surface area (Å²) >= 11 is 0. The second kappa shape index (κ2) is 12.0. The van der Waals surface area contributed by atoms with E-state index in [1.54, 1.807) is 0 Å². The van der Waals surface area contributed by atoms with Gasteiger partial charge in [0, 0.05) is 0 Å². The quantitative estimate of drug-likeness (QED) is 0.125. The molecule has 0 bridgehead atoms. The first-order chi connectivity index (χ1) is 28.7. The lowest BCUT2D eigenvalue weighted by atomic mass is 9.85. The Labute approximate surface area is 335 Å². The van der Waals surface area contributed by atoms with E-state index in [0.717, 1.165) is 0 Å². The predicted octanol–water partition coefficient (Wildman–Crippen LogP) is 16.5. The molecule has 13 rings (SSSR count). The summed E-state index contributed by atoms with van der Waals surface area (Å²) in [5.41, 5.74) is 7.33. The van der Waals surface area contributed by atoms with Gasteiger partial charge in [-0.2, -0.15) is 0 Å². The van der Waals surface area contributed by atoms with Crippen LogP contribution >= 0.6 is 0 Å². The van der Waals surface area contributed by atoms with Gasteiger partial charge in [0.2, 0.25) is 0 Å². The van der Waals surface area contributed by atoms with E-state index in [2.05, 4.69) is 206 Å². The van der Waals surface area contributed by atoms with Gasteiger partial charge in [0.1, 0.15) is 0 Å². The molecule has 0 saturated heterocycles. The Morgan fingerprint density at radius 3 is 1.33 bits per heavy atom. The molecule has 58 heavy (non-hydrogen) atoms. The average molecular weight is 731 g/mol. The molecule has 0 N–H and O–H groups in total. The van der Waals surface area contributed by atoms with Crippen LogP contribution in [0.5, 0.6) is 0 Å². The molecule has 0 spiro atoms. The molecule has 0 radical (unpaired) electrons. The van der Waals surface area contributed by atoms with Crippen molar-refractivity contribution in [3.05, 3.63) is 206 Å². The molecule has 0 amide bonds. The summed E-state index contributed by atoms with van der Waals surface area (Å²) in [5.74, 6) is 0. The molecule has 0 aliphatic rings. The summed E-state index contributed by atoms with van der Waals surface area (Å²) in [5, 5.41) is 23.2. The second-order valence-electron chi connectivity index (χ2n) is 16.0. The van der Waals surface area contributed by atoms with Gasteiger partial charge in [-0.15, -0.1) is 0 Å². The Morgan fingerprint density at radius 1 is 0.172 bits per heavy atom. The van der Waals surface area contributed by atoms with Crippen molar-refractivity contribution in [1.82, 2.24) is 0 Å². The number of rotatable bonds is 3. The van der Waals surface area contributed by atoms with Crippen LogP contribution in [0.3, 0.4) is 0 Å². The van der Waals surface area contributed by atoms with Crippen molar-refractivity contribution in [2.24, 2.45) is 0 Å². The van der Waals surface area contributed by atoms with Gasteiger partial charge >= 0.3 is 0 Å². The topological polar surface area (TPSA) is 0 Å². The van der Waals surface area contributed by atoms with Gasteiger partial charge in [0.05, 0.1) is 0 Å². The van der Waals surface area contributed by atoms with E-state index in [1.165, 1.54) is 130 Å². The lowest BCUT2D eigenvalue weighted by molar-refractivity contribution is 1.60. The summed E-state index contributed by atoms with van der Waals surface area (Å²) in [4.78, 5) is 0. The van der Waals surface area contributed by atoms with Gasteiger partial charge < -0.3 is 0 Å². The molecule has 13 aromatic carbocycles. The summed E-state index contributed by atoms with van der Waals surface area (Å²) in [6.07, 6.45) is 0. The van der Waals surface area contributed by atoms with Crippen molar-refractivity contribution in [2.45, 2.75) is 0 Å². The van der Waals surface area contributed by atoms with Crippen LogP contribution in [0.25, 0.3) is 130 Å². The van der Waals surface area contributed by atoms with Gasteiger partial charge in [-0.3, -0.25) is 0 Å². The van der Waals surface area contributed by atoms with Crippen LogP contribution in [0, 0.1) is 0 Å². The Hall–Kier alpha value is -7.54. The highest BCUT2D eigenvalue weighted by Gasteiger charge is 2.19. The third kappa shape index (κ3) is 4.52. The van der Waals surface area contributed by atoms with Crippen molar-refractivity contribution in [3.8, 4) is 33.4 Å². The fourth-order valence-corrected chi connectivity index (χ4v) is 10.3. The summed E-state index contributed by atoms with van der Waals surface area (Å²) in [7, 11) is 0. The predicted molar refractivity (Wildman–Crippen MR) is 251 cm³/mol. The fourth-order valence-electron chi connectivity index (χ4n) is 10.3. The van der Waals surface area contributed by atoms with Crippen LogP contribution in [-0.2, 0) is 0 Å². The van der Waals surface area contributed by atoms with Crippen LogP contribution in [0.4, 0.5) is 0 Å². The smallest absolute Gasteiger partial charge is 0.00199 e. The third-order valence-electron chi connectivity index (χ3n) is 12.9. The van der Waals surface area contributed by atoms with Gasteiger partial charge in [0.15, 0.2) is 0 Å². The van der Waals surface area contributed by atoms with Crippen molar-refractivity contribution < 1.29 is 0 Å². The zero-order valence-corrected chi connectivity index (χ0v) is 31.6. The molecule has 0 aliphatic carbocycles. The first-order valence-corrected chi connectivity index (χ1v) is 20.2. The van der Waals surface area contributed by atoms with E-state index in [1.807, 2.05) is 0 Å². The molecular formula is C58H34. The maximum atomic E-state index is 2.49. The Balaban J connectivity index is 1.19. The number of hydrogen-bond acceptors (Lipinski definition) is 0. The average Bonchev–Trinajstić information content (AvgIpc) is 3.29. The van der Waals surface area contributed by atoms with Crippen LogP contribution in [0.15, 0.2) is 206 Å². The third-order valence-corrected chi connectivity index (χ3v) is 12.9. The number of fused-ring (bicyclic) bond motifs is 6. The number of benzene rings is 12. The van der Waals surface area contributed by atoms with Crippen LogP contribution in [-0.4, -0.2) is 0 Å². The van der Waals surface area contributed by atoms with Crippen molar-refractivity contribution in [1.29, 1.82) is 0 Å².